The molecule has 0 aromatic heterocycles. The zero-order chi connectivity index (χ0) is 19.8. The van der Waals surface area contributed by atoms with Crippen molar-refractivity contribution in [3.63, 3.8) is 0 Å². The van der Waals surface area contributed by atoms with Crippen LogP contribution in [0.3, 0.4) is 0 Å². The minimum absolute atomic E-state index is 0.155. The van der Waals surface area contributed by atoms with Crippen LogP contribution in [-0.2, 0) is 9.59 Å². The first-order valence-electron chi connectivity index (χ1n) is 8.48. The highest BCUT2D eigenvalue weighted by Crippen LogP contribution is 2.20. The van der Waals surface area contributed by atoms with Gasteiger partial charge in [-0.3, -0.25) is 4.79 Å². The molecule has 1 amide bonds. The van der Waals surface area contributed by atoms with Crippen LogP contribution < -0.4 is 14.9 Å². The number of benzene rings is 3. The number of ether oxygens (including phenoxy) is 2. The highest BCUT2D eigenvalue weighted by atomic mass is 16.5. The van der Waals surface area contributed by atoms with E-state index in [1.54, 1.807) is 24.3 Å². The molecule has 142 valence electrons. The fourth-order valence-electron chi connectivity index (χ4n) is 2.41. The number of hydrogen-bond acceptors (Lipinski definition) is 5. The summed E-state index contributed by atoms with van der Waals surface area (Å²) in [5.41, 5.74) is 3.11. The molecule has 3 aromatic carbocycles. The molecule has 0 unspecified atom stereocenters. The van der Waals surface area contributed by atoms with E-state index < -0.39 is 12.6 Å². The third kappa shape index (κ3) is 5.57. The number of carboxylic acid groups (broad SMARTS) is 1. The number of carboxylic acids is 1. The molecule has 0 fully saturated rings. The van der Waals surface area contributed by atoms with E-state index in [0.717, 1.165) is 16.3 Å². The maximum Gasteiger partial charge on any atom is 0.341 e. The second kappa shape index (κ2) is 9.18. The molecule has 0 aliphatic rings. The molecule has 0 heterocycles. The number of nitrogens with zero attached hydrogens (tertiary/aromatic N) is 1. The maximum atomic E-state index is 11.8. The van der Waals surface area contributed by atoms with Gasteiger partial charge in [0.05, 0.1) is 6.21 Å². The number of nitrogens with one attached hydrogen (secondary N) is 1. The summed E-state index contributed by atoms with van der Waals surface area (Å²) < 4.78 is 10.5. The molecular formula is C21H18N2O5. The molecule has 0 bridgehead atoms. The van der Waals surface area contributed by atoms with E-state index in [4.69, 9.17) is 14.6 Å². The van der Waals surface area contributed by atoms with Crippen LogP contribution >= 0.6 is 0 Å². The van der Waals surface area contributed by atoms with Gasteiger partial charge in [0, 0.05) is 0 Å². The van der Waals surface area contributed by atoms with Crippen molar-refractivity contribution >= 4 is 28.9 Å². The van der Waals surface area contributed by atoms with Crippen molar-refractivity contribution in [2.24, 2.45) is 5.10 Å². The minimum atomic E-state index is -1.04. The quantitative estimate of drug-likeness (QED) is 0.464. The van der Waals surface area contributed by atoms with E-state index in [9.17, 15) is 9.59 Å². The van der Waals surface area contributed by atoms with Gasteiger partial charge in [-0.05, 0) is 52.7 Å². The number of rotatable bonds is 8. The number of carbonyl (C=O) groups is 2. The third-order valence-corrected chi connectivity index (χ3v) is 3.74. The number of hydrogen-bond donors (Lipinski definition) is 2. The maximum absolute atomic E-state index is 11.8. The van der Waals surface area contributed by atoms with Gasteiger partial charge in [0.15, 0.2) is 13.2 Å². The van der Waals surface area contributed by atoms with E-state index >= 15 is 0 Å². The van der Waals surface area contributed by atoms with Crippen molar-refractivity contribution in [3.8, 4) is 11.5 Å². The van der Waals surface area contributed by atoms with Gasteiger partial charge < -0.3 is 14.6 Å². The highest BCUT2D eigenvalue weighted by Gasteiger charge is 2.03. The molecular weight excluding hydrogens is 360 g/mol. The van der Waals surface area contributed by atoms with Crippen molar-refractivity contribution in [2.45, 2.75) is 0 Å². The monoisotopic (exact) mass is 378 g/mol. The summed E-state index contributed by atoms with van der Waals surface area (Å²) in [5, 5.41) is 14.6. The van der Waals surface area contributed by atoms with Crippen LogP contribution in [-0.4, -0.2) is 36.4 Å². The Labute approximate surface area is 161 Å². The Bertz CT molecular complexity index is 999. The molecule has 7 heteroatoms. The Balaban J connectivity index is 1.46. The van der Waals surface area contributed by atoms with Crippen LogP contribution in [0.4, 0.5) is 0 Å². The molecule has 3 aromatic rings. The Morgan fingerprint density at radius 3 is 2.32 bits per heavy atom. The molecule has 3 rings (SSSR count). The van der Waals surface area contributed by atoms with E-state index in [2.05, 4.69) is 10.5 Å². The van der Waals surface area contributed by atoms with Crippen LogP contribution in [0, 0.1) is 0 Å². The van der Waals surface area contributed by atoms with Crippen LogP contribution in [0.25, 0.3) is 10.8 Å². The Hall–Kier alpha value is -3.87. The lowest BCUT2D eigenvalue weighted by Crippen LogP contribution is -2.24. The standard InChI is InChI=1S/C21H18N2O5/c24-20(13-27-19-10-7-16-3-1-2-4-17(16)11-19)23-22-12-15-5-8-18(9-6-15)28-14-21(25)26/h1-12H,13-14H2,(H,23,24)(H,25,26). The zero-order valence-corrected chi connectivity index (χ0v) is 14.9. The van der Waals surface area contributed by atoms with Crippen molar-refractivity contribution in [3.05, 3.63) is 72.3 Å². The molecule has 0 radical (unpaired) electrons. The third-order valence-electron chi connectivity index (χ3n) is 3.74. The van der Waals surface area contributed by atoms with Gasteiger partial charge >= 0.3 is 5.97 Å². The van der Waals surface area contributed by atoms with E-state index in [-0.39, 0.29) is 12.5 Å². The van der Waals surface area contributed by atoms with Crippen molar-refractivity contribution in [1.29, 1.82) is 0 Å². The summed E-state index contributed by atoms with van der Waals surface area (Å²) in [7, 11) is 0. The average Bonchev–Trinajstić information content (AvgIpc) is 2.71. The first-order valence-corrected chi connectivity index (χ1v) is 8.48. The Kier molecular flexibility index (Phi) is 6.20. The van der Waals surface area contributed by atoms with Gasteiger partial charge in [0.25, 0.3) is 5.91 Å². The van der Waals surface area contributed by atoms with Gasteiger partial charge in [0.2, 0.25) is 0 Å². The largest absolute Gasteiger partial charge is 0.484 e. The first-order chi connectivity index (χ1) is 13.6. The lowest BCUT2D eigenvalue weighted by Gasteiger charge is -2.06. The van der Waals surface area contributed by atoms with Gasteiger partial charge in [0.1, 0.15) is 11.5 Å². The second-order valence-corrected chi connectivity index (χ2v) is 5.84. The second-order valence-electron chi connectivity index (χ2n) is 5.84. The molecule has 0 aliphatic carbocycles. The molecule has 0 aliphatic heterocycles. The zero-order valence-electron chi connectivity index (χ0n) is 14.9. The normalized spacial score (nSPS) is 10.7. The summed E-state index contributed by atoms with van der Waals surface area (Å²) in [6, 6.07) is 20.1. The van der Waals surface area contributed by atoms with Crippen molar-refractivity contribution < 1.29 is 24.2 Å². The predicted octanol–water partition coefficient (Wildman–Crippen LogP) is 2.83. The molecule has 28 heavy (non-hydrogen) atoms. The van der Waals surface area contributed by atoms with Crippen LogP contribution in [0.5, 0.6) is 11.5 Å². The molecule has 0 saturated heterocycles. The summed E-state index contributed by atoms with van der Waals surface area (Å²) in [5.74, 6) is -0.382. The summed E-state index contributed by atoms with van der Waals surface area (Å²) in [6.45, 7) is -0.557. The number of aliphatic carboxylic acids is 1. The minimum Gasteiger partial charge on any atom is -0.484 e. The van der Waals surface area contributed by atoms with Crippen LogP contribution in [0.1, 0.15) is 5.56 Å². The van der Waals surface area contributed by atoms with Gasteiger partial charge in [-0.2, -0.15) is 5.10 Å². The number of carbonyl (C=O) groups excluding carboxylic acids is 1. The molecule has 2 N–H and O–H groups in total. The lowest BCUT2D eigenvalue weighted by atomic mass is 10.1. The molecule has 7 nitrogen and oxygen atoms in total. The van der Waals surface area contributed by atoms with Gasteiger partial charge in [-0.15, -0.1) is 0 Å². The van der Waals surface area contributed by atoms with Gasteiger partial charge in [-0.25, -0.2) is 10.2 Å². The average molecular weight is 378 g/mol. The van der Waals surface area contributed by atoms with Crippen molar-refractivity contribution in [1.82, 2.24) is 5.43 Å². The van der Waals surface area contributed by atoms with E-state index in [1.165, 1.54) is 6.21 Å². The predicted molar refractivity (Wildman–Crippen MR) is 105 cm³/mol. The topological polar surface area (TPSA) is 97.2 Å². The smallest absolute Gasteiger partial charge is 0.341 e. The molecule has 0 atom stereocenters. The first kappa shape index (κ1) is 18.9. The highest BCUT2D eigenvalue weighted by molar-refractivity contribution is 5.84. The summed E-state index contributed by atoms with van der Waals surface area (Å²) >= 11 is 0. The molecule has 0 spiro atoms. The van der Waals surface area contributed by atoms with E-state index in [0.29, 0.717) is 11.5 Å². The number of fused-ring (bicyclic) bond motifs is 1. The van der Waals surface area contributed by atoms with Crippen LogP contribution in [0.2, 0.25) is 0 Å². The molecule has 0 saturated carbocycles. The van der Waals surface area contributed by atoms with Crippen LogP contribution in [0.15, 0.2) is 71.8 Å². The lowest BCUT2D eigenvalue weighted by molar-refractivity contribution is -0.139. The summed E-state index contributed by atoms with van der Waals surface area (Å²) in [6.07, 6.45) is 1.47. The van der Waals surface area contributed by atoms with Crippen molar-refractivity contribution in [2.75, 3.05) is 13.2 Å². The number of hydrazone groups is 1. The fourth-order valence-corrected chi connectivity index (χ4v) is 2.41. The van der Waals surface area contributed by atoms with E-state index in [1.807, 2.05) is 42.5 Å². The SMILES string of the molecule is O=C(O)COc1ccc(C=NNC(=O)COc2ccc3ccccc3c2)cc1. The Morgan fingerprint density at radius 2 is 1.57 bits per heavy atom. The van der Waals surface area contributed by atoms with Gasteiger partial charge in [-0.1, -0.05) is 30.3 Å². The summed E-state index contributed by atoms with van der Waals surface area (Å²) in [4.78, 5) is 22.3. The Morgan fingerprint density at radius 1 is 0.893 bits per heavy atom. The fraction of sp³-hybridized carbons (Fsp3) is 0.0952. The number of amides is 1.